The minimum Gasteiger partial charge on any atom is -0.466 e. The Kier molecular flexibility index (Phi) is 5.99. The highest BCUT2D eigenvalue weighted by Crippen LogP contribution is 2.29. The first-order chi connectivity index (χ1) is 10.2. The summed E-state index contributed by atoms with van der Waals surface area (Å²) >= 11 is 0. The normalized spacial score (nSPS) is 17.7. The van der Waals surface area contributed by atoms with Crippen molar-refractivity contribution in [2.24, 2.45) is 5.92 Å². The minimum absolute atomic E-state index is 0.00694. The van der Waals surface area contributed by atoms with Gasteiger partial charge in [-0.2, -0.15) is 0 Å². The molecule has 1 aliphatic heterocycles. The van der Waals surface area contributed by atoms with E-state index >= 15 is 0 Å². The molecule has 21 heavy (non-hydrogen) atoms. The molecule has 5 nitrogen and oxygen atoms in total. The molecule has 0 unspecified atom stereocenters. The molecule has 2 heterocycles. The second-order valence-corrected chi connectivity index (χ2v) is 5.32. The van der Waals surface area contributed by atoms with Crippen molar-refractivity contribution in [2.45, 2.75) is 26.7 Å². The monoisotopic (exact) mass is 292 g/mol. The molecular weight excluding hydrogens is 268 g/mol. The molecular formula is C16H24N2O3. The molecule has 1 saturated heterocycles. The molecule has 0 amide bonds. The topological polar surface area (TPSA) is 51.7 Å². The van der Waals surface area contributed by atoms with E-state index in [0.717, 1.165) is 45.0 Å². The van der Waals surface area contributed by atoms with Gasteiger partial charge in [-0.15, -0.1) is 0 Å². The van der Waals surface area contributed by atoms with Crippen LogP contribution in [-0.4, -0.2) is 43.9 Å². The quantitative estimate of drug-likeness (QED) is 0.799. The predicted octanol–water partition coefficient (Wildman–Crippen LogP) is 2.19. The standard InChI is InChI=1S/C10H14N2O.C6H10O2/c1-9-2-3-11-10(8-9)12-4-6-13-7-5-12;1-2-8-6(7)5-3-4-5/h2-3,8H,4-7H2,1H3;5H,2-4H2,1H3. The number of aromatic nitrogens is 1. The maximum absolute atomic E-state index is 10.6. The number of hydrogen-bond acceptors (Lipinski definition) is 5. The van der Waals surface area contributed by atoms with Gasteiger partial charge in [-0.05, 0) is 44.4 Å². The first-order valence-electron chi connectivity index (χ1n) is 7.62. The maximum atomic E-state index is 10.6. The van der Waals surface area contributed by atoms with Crippen LogP contribution in [0.5, 0.6) is 0 Å². The average Bonchev–Trinajstić information content (AvgIpc) is 3.34. The van der Waals surface area contributed by atoms with Crippen LogP contribution in [0, 0.1) is 12.8 Å². The van der Waals surface area contributed by atoms with Gasteiger partial charge in [0.2, 0.25) is 0 Å². The summed E-state index contributed by atoms with van der Waals surface area (Å²) in [4.78, 5) is 17.2. The predicted molar refractivity (Wildman–Crippen MR) is 81.4 cm³/mol. The van der Waals surface area contributed by atoms with Gasteiger partial charge in [0.25, 0.3) is 0 Å². The van der Waals surface area contributed by atoms with E-state index in [-0.39, 0.29) is 11.9 Å². The molecule has 1 aromatic rings. The zero-order valence-electron chi connectivity index (χ0n) is 12.9. The van der Waals surface area contributed by atoms with Crippen LogP contribution in [0.3, 0.4) is 0 Å². The lowest BCUT2D eigenvalue weighted by Gasteiger charge is -2.27. The lowest BCUT2D eigenvalue weighted by molar-refractivity contribution is -0.144. The largest absolute Gasteiger partial charge is 0.466 e. The molecule has 0 aromatic carbocycles. The van der Waals surface area contributed by atoms with Crippen molar-refractivity contribution in [3.05, 3.63) is 23.9 Å². The Hall–Kier alpha value is -1.62. The highest BCUT2D eigenvalue weighted by atomic mass is 16.5. The zero-order chi connectivity index (χ0) is 15.1. The molecule has 0 N–H and O–H groups in total. The van der Waals surface area contributed by atoms with Gasteiger partial charge < -0.3 is 14.4 Å². The van der Waals surface area contributed by atoms with E-state index in [2.05, 4.69) is 22.9 Å². The van der Waals surface area contributed by atoms with Crippen molar-refractivity contribution < 1.29 is 14.3 Å². The molecule has 0 atom stereocenters. The Labute approximate surface area is 126 Å². The number of aryl methyl sites for hydroxylation is 1. The lowest BCUT2D eigenvalue weighted by Crippen LogP contribution is -2.36. The summed E-state index contributed by atoms with van der Waals surface area (Å²) in [7, 11) is 0. The van der Waals surface area contributed by atoms with Gasteiger partial charge in [0.15, 0.2) is 0 Å². The summed E-state index contributed by atoms with van der Waals surface area (Å²) in [5.74, 6) is 1.32. The highest BCUT2D eigenvalue weighted by Gasteiger charge is 2.30. The molecule has 2 aliphatic rings. The Bertz CT molecular complexity index is 455. The van der Waals surface area contributed by atoms with E-state index in [1.807, 2.05) is 19.2 Å². The summed E-state index contributed by atoms with van der Waals surface area (Å²) in [6.45, 7) is 7.99. The number of anilines is 1. The molecule has 1 aromatic heterocycles. The summed E-state index contributed by atoms with van der Waals surface area (Å²) in [5, 5.41) is 0. The molecule has 1 saturated carbocycles. The lowest BCUT2D eigenvalue weighted by atomic mass is 10.3. The van der Waals surface area contributed by atoms with Crippen molar-refractivity contribution in [1.29, 1.82) is 0 Å². The van der Waals surface area contributed by atoms with Crippen molar-refractivity contribution in [2.75, 3.05) is 37.8 Å². The number of pyridine rings is 1. The first kappa shape index (κ1) is 15.8. The number of ether oxygens (including phenoxy) is 2. The Morgan fingerprint density at radius 3 is 2.71 bits per heavy atom. The number of carbonyl (C=O) groups excluding carboxylic acids is 1. The molecule has 3 rings (SSSR count). The van der Waals surface area contributed by atoms with Crippen molar-refractivity contribution in [3.63, 3.8) is 0 Å². The number of carbonyl (C=O) groups is 1. The molecule has 5 heteroatoms. The summed E-state index contributed by atoms with van der Waals surface area (Å²) in [6.07, 6.45) is 3.94. The fraction of sp³-hybridized carbons (Fsp3) is 0.625. The van der Waals surface area contributed by atoms with Crippen LogP contribution in [-0.2, 0) is 14.3 Å². The van der Waals surface area contributed by atoms with Gasteiger partial charge in [0, 0.05) is 19.3 Å². The Balaban J connectivity index is 0.000000173. The van der Waals surface area contributed by atoms with Crippen LogP contribution in [0.15, 0.2) is 18.3 Å². The van der Waals surface area contributed by atoms with Crippen molar-refractivity contribution in [1.82, 2.24) is 4.98 Å². The number of esters is 1. The van der Waals surface area contributed by atoms with Gasteiger partial charge in [0.05, 0.1) is 25.7 Å². The van der Waals surface area contributed by atoms with E-state index in [1.165, 1.54) is 5.56 Å². The average molecular weight is 292 g/mol. The third-order valence-corrected chi connectivity index (χ3v) is 3.43. The van der Waals surface area contributed by atoms with Crippen LogP contribution in [0.2, 0.25) is 0 Å². The van der Waals surface area contributed by atoms with E-state index in [1.54, 1.807) is 0 Å². The SMILES string of the molecule is CCOC(=O)C1CC1.Cc1ccnc(N2CCOCC2)c1. The Morgan fingerprint density at radius 2 is 2.14 bits per heavy atom. The van der Waals surface area contributed by atoms with E-state index < -0.39 is 0 Å². The summed E-state index contributed by atoms with van der Waals surface area (Å²) < 4.78 is 10.0. The number of nitrogens with zero attached hydrogens (tertiary/aromatic N) is 2. The maximum Gasteiger partial charge on any atom is 0.308 e. The fourth-order valence-electron chi connectivity index (χ4n) is 2.06. The van der Waals surface area contributed by atoms with Gasteiger partial charge in [-0.25, -0.2) is 4.98 Å². The number of hydrogen-bond donors (Lipinski definition) is 0. The van der Waals surface area contributed by atoms with Crippen molar-refractivity contribution in [3.8, 4) is 0 Å². The number of morpholine rings is 1. The molecule has 116 valence electrons. The number of rotatable bonds is 3. The molecule has 0 bridgehead atoms. The second-order valence-electron chi connectivity index (χ2n) is 5.32. The highest BCUT2D eigenvalue weighted by molar-refractivity contribution is 5.74. The molecule has 0 spiro atoms. The first-order valence-corrected chi connectivity index (χ1v) is 7.62. The van der Waals surface area contributed by atoms with Crippen LogP contribution < -0.4 is 4.90 Å². The van der Waals surface area contributed by atoms with E-state index in [0.29, 0.717) is 6.61 Å². The third kappa shape index (κ3) is 5.34. The third-order valence-electron chi connectivity index (χ3n) is 3.43. The van der Waals surface area contributed by atoms with E-state index in [9.17, 15) is 4.79 Å². The molecule has 1 aliphatic carbocycles. The van der Waals surface area contributed by atoms with E-state index in [4.69, 9.17) is 9.47 Å². The van der Waals surface area contributed by atoms with Gasteiger partial charge in [0.1, 0.15) is 5.82 Å². The van der Waals surface area contributed by atoms with Crippen LogP contribution in [0.25, 0.3) is 0 Å². The van der Waals surface area contributed by atoms with Crippen LogP contribution >= 0.6 is 0 Å². The minimum atomic E-state index is -0.00694. The summed E-state index contributed by atoms with van der Waals surface area (Å²) in [6, 6.07) is 4.13. The van der Waals surface area contributed by atoms with Crippen LogP contribution in [0.4, 0.5) is 5.82 Å². The Morgan fingerprint density at radius 1 is 1.43 bits per heavy atom. The van der Waals surface area contributed by atoms with Gasteiger partial charge in [-0.1, -0.05) is 0 Å². The molecule has 2 fully saturated rings. The van der Waals surface area contributed by atoms with Crippen LogP contribution in [0.1, 0.15) is 25.3 Å². The van der Waals surface area contributed by atoms with Gasteiger partial charge in [-0.3, -0.25) is 4.79 Å². The zero-order valence-corrected chi connectivity index (χ0v) is 12.9. The summed E-state index contributed by atoms with van der Waals surface area (Å²) in [5.41, 5.74) is 1.26. The smallest absolute Gasteiger partial charge is 0.308 e. The van der Waals surface area contributed by atoms with Crippen molar-refractivity contribution >= 4 is 11.8 Å². The molecule has 0 radical (unpaired) electrons. The van der Waals surface area contributed by atoms with Gasteiger partial charge >= 0.3 is 5.97 Å². The fourth-order valence-corrected chi connectivity index (χ4v) is 2.06. The second kappa shape index (κ2) is 7.98.